The number of hydrogen-bond acceptors (Lipinski definition) is 4. The van der Waals surface area contributed by atoms with E-state index in [1.807, 2.05) is 0 Å². The Morgan fingerprint density at radius 2 is 2.25 bits per heavy atom. The lowest BCUT2D eigenvalue weighted by molar-refractivity contribution is -0.112. The topological polar surface area (TPSA) is 83.6 Å². The second kappa shape index (κ2) is 7.31. The first-order valence-corrected chi connectivity index (χ1v) is 6.22. The lowest BCUT2D eigenvalue weighted by Crippen LogP contribution is -2.13. The van der Waals surface area contributed by atoms with Gasteiger partial charge in [-0.15, -0.1) is 0 Å². The van der Waals surface area contributed by atoms with E-state index in [4.69, 9.17) is 5.73 Å². The Morgan fingerprint density at radius 1 is 1.55 bits per heavy atom. The number of carbonyl (C=O) groups excluding carboxylic acids is 1. The van der Waals surface area contributed by atoms with Crippen molar-refractivity contribution in [3.63, 3.8) is 0 Å². The minimum atomic E-state index is -0.891. The molecule has 0 spiro atoms. The number of hydrogen-bond donors (Lipinski definition) is 3. The van der Waals surface area contributed by atoms with Crippen molar-refractivity contribution in [3.05, 3.63) is 71.7 Å². The van der Waals surface area contributed by atoms with Crippen LogP contribution < -0.4 is 5.73 Å². The summed E-state index contributed by atoms with van der Waals surface area (Å²) in [4.78, 5) is 11.4. The van der Waals surface area contributed by atoms with Crippen molar-refractivity contribution in [2.75, 3.05) is 0 Å². The lowest BCUT2D eigenvalue weighted by atomic mass is 9.91. The molecule has 1 aliphatic carbocycles. The van der Waals surface area contributed by atoms with Crippen molar-refractivity contribution >= 4 is 5.78 Å². The van der Waals surface area contributed by atoms with E-state index in [2.05, 4.69) is 6.58 Å². The van der Waals surface area contributed by atoms with Crippen molar-refractivity contribution < 1.29 is 15.0 Å². The molecule has 0 bridgehead atoms. The van der Waals surface area contributed by atoms with Crippen LogP contribution >= 0.6 is 0 Å². The van der Waals surface area contributed by atoms with Gasteiger partial charge in [0.1, 0.15) is 11.9 Å². The van der Waals surface area contributed by atoms with Gasteiger partial charge in [0.05, 0.1) is 0 Å². The van der Waals surface area contributed by atoms with Crippen LogP contribution in [-0.2, 0) is 4.79 Å². The molecule has 4 nitrogen and oxygen atoms in total. The highest BCUT2D eigenvalue weighted by Crippen LogP contribution is 2.27. The molecule has 0 saturated heterocycles. The first-order valence-electron chi connectivity index (χ1n) is 6.22. The van der Waals surface area contributed by atoms with Gasteiger partial charge < -0.3 is 15.9 Å². The van der Waals surface area contributed by atoms with Crippen LogP contribution in [0.2, 0.25) is 0 Å². The van der Waals surface area contributed by atoms with Crippen molar-refractivity contribution in [2.24, 2.45) is 5.73 Å². The monoisotopic (exact) mass is 273 g/mol. The molecule has 20 heavy (non-hydrogen) atoms. The fourth-order valence-electron chi connectivity index (χ4n) is 1.83. The number of ketones is 1. The zero-order chi connectivity index (χ0) is 15.1. The van der Waals surface area contributed by atoms with Crippen LogP contribution in [0.15, 0.2) is 71.7 Å². The molecule has 1 rings (SSSR count). The maximum atomic E-state index is 11.4. The van der Waals surface area contributed by atoms with Crippen LogP contribution in [0.25, 0.3) is 0 Å². The van der Waals surface area contributed by atoms with Gasteiger partial charge >= 0.3 is 0 Å². The number of allylic oxidation sites excluding steroid dienone is 8. The maximum absolute atomic E-state index is 11.4. The van der Waals surface area contributed by atoms with Crippen LogP contribution in [0.3, 0.4) is 0 Å². The van der Waals surface area contributed by atoms with Crippen LogP contribution in [0.4, 0.5) is 0 Å². The maximum Gasteiger partial charge on any atom is 0.153 e. The van der Waals surface area contributed by atoms with E-state index in [1.54, 1.807) is 24.3 Å². The highest BCUT2D eigenvalue weighted by atomic mass is 16.3. The molecule has 106 valence electrons. The van der Waals surface area contributed by atoms with Gasteiger partial charge in [-0.1, -0.05) is 24.8 Å². The molecule has 1 aliphatic rings. The molecule has 0 fully saturated rings. The number of nitrogens with two attached hydrogens (primary N) is 1. The summed E-state index contributed by atoms with van der Waals surface area (Å²) in [6.45, 7) is 5.16. The summed E-state index contributed by atoms with van der Waals surface area (Å²) in [7, 11) is 0. The third-order valence-corrected chi connectivity index (χ3v) is 2.78. The first kappa shape index (κ1) is 15.7. The Balaban J connectivity index is 3.28. The summed E-state index contributed by atoms with van der Waals surface area (Å²) in [5.74, 6) is -0.237. The molecule has 0 aromatic heterocycles. The molecule has 0 saturated carbocycles. The fourth-order valence-corrected chi connectivity index (χ4v) is 1.83. The normalized spacial score (nSPS) is 20.6. The number of rotatable bonds is 5. The van der Waals surface area contributed by atoms with Crippen molar-refractivity contribution in [2.45, 2.75) is 19.4 Å². The van der Waals surface area contributed by atoms with Gasteiger partial charge in [0.15, 0.2) is 5.78 Å². The standard InChI is InChI=1S/C16H19NO3/c1-3-12(5-4-8-17)14(9-11(2)18)13-6-7-15(19)16(20)10-13/h3-6,8-10,15,19-20H,1,7,17H2,2H3/b8-4-,12-5+,14-9+. The number of aliphatic hydroxyl groups excluding tert-OH is 2. The van der Waals surface area contributed by atoms with E-state index in [1.165, 1.54) is 25.3 Å². The average molecular weight is 273 g/mol. The van der Waals surface area contributed by atoms with Crippen LogP contribution in [0.1, 0.15) is 13.3 Å². The summed E-state index contributed by atoms with van der Waals surface area (Å²) >= 11 is 0. The lowest BCUT2D eigenvalue weighted by Gasteiger charge is -2.17. The smallest absolute Gasteiger partial charge is 0.153 e. The first-order chi connectivity index (χ1) is 9.49. The molecule has 0 heterocycles. The molecular formula is C16H19NO3. The zero-order valence-electron chi connectivity index (χ0n) is 11.4. The fraction of sp³-hybridized carbons (Fsp3) is 0.188. The van der Waals surface area contributed by atoms with E-state index >= 15 is 0 Å². The van der Waals surface area contributed by atoms with E-state index in [0.717, 1.165) is 0 Å². The molecule has 4 N–H and O–H groups in total. The van der Waals surface area contributed by atoms with Gasteiger partial charge in [-0.25, -0.2) is 0 Å². The summed E-state index contributed by atoms with van der Waals surface area (Å²) in [5, 5.41) is 19.1. The van der Waals surface area contributed by atoms with Gasteiger partial charge in [-0.05, 0) is 54.5 Å². The Morgan fingerprint density at radius 3 is 2.75 bits per heavy atom. The minimum Gasteiger partial charge on any atom is -0.510 e. The van der Waals surface area contributed by atoms with E-state index in [-0.39, 0.29) is 11.5 Å². The van der Waals surface area contributed by atoms with Crippen LogP contribution in [0.5, 0.6) is 0 Å². The van der Waals surface area contributed by atoms with E-state index < -0.39 is 6.10 Å². The quantitative estimate of drug-likeness (QED) is 0.530. The summed E-state index contributed by atoms with van der Waals surface area (Å²) in [6.07, 6.45) is 10.4. The molecule has 4 heteroatoms. The number of carbonyl (C=O) groups is 1. The molecule has 0 aromatic carbocycles. The van der Waals surface area contributed by atoms with Crippen LogP contribution in [-0.4, -0.2) is 22.1 Å². The molecular weight excluding hydrogens is 254 g/mol. The highest BCUT2D eigenvalue weighted by molar-refractivity contribution is 5.90. The SMILES string of the molecule is C=CC(=C\C=C/N)/C(=C\C(C)=O)C1=CCC(O)C(O)=C1. The molecule has 0 aliphatic heterocycles. The highest BCUT2D eigenvalue weighted by Gasteiger charge is 2.17. The summed E-state index contributed by atoms with van der Waals surface area (Å²) in [6, 6.07) is 0. The van der Waals surface area contributed by atoms with Crippen molar-refractivity contribution in [1.29, 1.82) is 0 Å². The average Bonchev–Trinajstić information content (AvgIpc) is 2.41. The molecule has 0 amide bonds. The van der Waals surface area contributed by atoms with Gasteiger partial charge in [0.25, 0.3) is 0 Å². The Bertz CT molecular complexity index is 548. The third kappa shape index (κ3) is 4.10. The van der Waals surface area contributed by atoms with E-state index in [9.17, 15) is 15.0 Å². The zero-order valence-corrected chi connectivity index (χ0v) is 11.4. The van der Waals surface area contributed by atoms with Crippen molar-refractivity contribution in [3.8, 4) is 0 Å². The van der Waals surface area contributed by atoms with Crippen molar-refractivity contribution in [1.82, 2.24) is 0 Å². The molecule has 1 atom stereocenters. The summed E-state index contributed by atoms with van der Waals surface area (Å²) in [5.41, 5.74) is 7.30. The summed E-state index contributed by atoms with van der Waals surface area (Å²) < 4.78 is 0. The predicted octanol–water partition coefficient (Wildman–Crippen LogP) is 2.22. The second-order valence-corrected chi connectivity index (χ2v) is 4.36. The van der Waals surface area contributed by atoms with Gasteiger partial charge in [0.2, 0.25) is 0 Å². The van der Waals surface area contributed by atoms with Gasteiger partial charge in [-0.3, -0.25) is 4.79 Å². The third-order valence-electron chi connectivity index (χ3n) is 2.78. The Kier molecular flexibility index (Phi) is 5.74. The molecule has 0 aromatic rings. The second-order valence-electron chi connectivity index (χ2n) is 4.36. The number of aliphatic hydroxyl groups is 2. The molecule has 1 unspecified atom stereocenters. The molecule has 0 radical (unpaired) electrons. The Hall–Kier alpha value is -2.33. The predicted molar refractivity (Wildman–Crippen MR) is 79.8 cm³/mol. The largest absolute Gasteiger partial charge is 0.510 e. The van der Waals surface area contributed by atoms with Gasteiger partial charge in [-0.2, -0.15) is 0 Å². The van der Waals surface area contributed by atoms with Crippen LogP contribution in [0, 0.1) is 0 Å². The Labute approximate surface area is 118 Å². The van der Waals surface area contributed by atoms with E-state index in [0.29, 0.717) is 23.1 Å². The van der Waals surface area contributed by atoms with Gasteiger partial charge in [0, 0.05) is 0 Å². The minimum absolute atomic E-state index is 0.116.